The van der Waals surface area contributed by atoms with E-state index in [1.807, 2.05) is 12.1 Å². The van der Waals surface area contributed by atoms with E-state index in [0.717, 1.165) is 38.4 Å². The van der Waals surface area contributed by atoms with E-state index >= 15 is 0 Å². The van der Waals surface area contributed by atoms with Crippen molar-refractivity contribution < 1.29 is 17.9 Å². The van der Waals surface area contributed by atoms with Crippen molar-refractivity contribution in [3.05, 3.63) is 29.8 Å². The van der Waals surface area contributed by atoms with Gasteiger partial charge in [0, 0.05) is 39.1 Å². The molecule has 0 unspecified atom stereocenters. The Labute approximate surface area is 162 Å². The Kier molecular flexibility index (Phi) is 7.79. The Bertz CT molecular complexity index is 705. The number of ether oxygens (including phenoxy) is 1. The van der Waals surface area contributed by atoms with Crippen molar-refractivity contribution in [2.24, 2.45) is 0 Å². The minimum absolute atomic E-state index is 0.0327. The summed E-state index contributed by atoms with van der Waals surface area (Å²) >= 11 is 0. The van der Waals surface area contributed by atoms with E-state index in [0.29, 0.717) is 6.54 Å². The number of carbonyl (C=O) groups excluding carboxylic acids is 1. The van der Waals surface area contributed by atoms with Crippen LogP contribution in [-0.4, -0.2) is 65.2 Å². The van der Waals surface area contributed by atoms with Crippen molar-refractivity contribution in [2.75, 3.05) is 45.9 Å². The van der Waals surface area contributed by atoms with Crippen LogP contribution in [0.2, 0.25) is 0 Å². The molecule has 152 valence electrons. The Morgan fingerprint density at radius 2 is 1.74 bits per heavy atom. The quantitative estimate of drug-likeness (QED) is 0.686. The van der Waals surface area contributed by atoms with Crippen LogP contribution in [0.1, 0.15) is 32.8 Å². The lowest BCUT2D eigenvalue weighted by molar-refractivity contribution is -0.121. The molecule has 0 atom stereocenters. The summed E-state index contributed by atoms with van der Waals surface area (Å²) in [6.45, 7) is 10.9. The van der Waals surface area contributed by atoms with Gasteiger partial charge in [-0.1, -0.05) is 32.9 Å². The summed E-state index contributed by atoms with van der Waals surface area (Å²) in [5.74, 6) is -0.158. The summed E-state index contributed by atoms with van der Waals surface area (Å²) in [5.41, 5.74) is 1.04. The van der Waals surface area contributed by atoms with E-state index < -0.39 is 10.0 Å². The highest BCUT2D eigenvalue weighted by atomic mass is 32.2. The normalized spacial score (nSPS) is 16.3. The topological polar surface area (TPSA) is 87.7 Å². The van der Waals surface area contributed by atoms with E-state index in [2.05, 4.69) is 35.7 Å². The average Bonchev–Trinajstić information content (AvgIpc) is 2.62. The third-order valence-corrected chi connectivity index (χ3v) is 6.01. The molecule has 2 rings (SSSR count). The van der Waals surface area contributed by atoms with E-state index in [-0.39, 0.29) is 29.2 Å². The van der Waals surface area contributed by atoms with Crippen molar-refractivity contribution in [1.29, 1.82) is 0 Å². The predicted octanol–water partition coefficient (Wildman–Crippen LogP) is 1.10. The predicted molar refractivity (Wildman–Crippen MR) is 105 cm³/mol. The van der Waals surface area contributed by atoms with E-state index in [1.165, 1.54) is 0 Å². The first-order valence-electron chi connectivity index (χ1n) is 9.35. The zero-order valence-electron chi connectivity index (χ0n) is 16.5. The first kappa shape index (κ1) is 21.8. The second-order valence-corrected chi connectivity index (χ2v) is 9.49. The third kappa shape index (κ3) is 7.21. The van der Waals surface area contributed by atoms with Crippen LogP contribution >= 0.6 is 0 Å². The fraction of sp³-hybridized carbons (Fsp3) is 0.632. The van der Waals surface area contributed by atoms with Crippen LogP contribution in [0.5, 0.6) is 0 Å². The second-order valence-electron chi connectivity index (χ2n) is 7.73. The first-order chi connectivity index (χ1) is 12.7. The minimum Gasteiger partial charge on any atom is -0.379 e. The van der Waals surface area contributed by atoms with Crippen molar-refractivity contribution in [3.8, 4) is 0 Å². The number of hydrogen-bond donors (Lipinski definition) is 2. The molecule has 2 N–H and O–H groups in total. The van der Waals surface area contributed by atoms with E-state index in [1.54, 1.807) is 12.1 Å². The van der Waals surface area contributed by atoms with Crippen LogP contribution in [-0.2, 0) is 25.0 Å². The lowest BCUT2D eigenvalue weighted by atomic mass is 9.87. The molecule has 1 saturated heterocycles. The number of amides is 1. The van der Waals surface area contributed by atoms with Gasteiger partial charge in [-0.05, 0) is 23.1 Å². The highest BCUT2D eigenvalue weighted by molar-refractivity contribution is 7.89. The Morgan fingerprint density at radius 3 is 2.33 bits per heavy atom. The SMILES string of the molecule is CC(C)(C)c1ccc(S(=O)(=O)NCCC(=O)NCCN2CCOCC2)cc1. The highest BCUT2D eigenvalue weighted by Gasteiger charge is 2.17. The number of morpholine rings is 1. The minimum atomic E-state index is -3.61. The number of carbonyl (C=O) groups is 1. The van der Waals surface area contributed by atoms with Crippen LogP contribution in [0, 0.1) is 0 Å². The standard InChI is InChI=1S/C19H31N3O4S/c1-19(2,3)16-4-6-17(7-5-16)27(24,25)21-9-8-18(23)20-10-11-22-12-14-26-15-13-22/h4-7,21H,8-15H2,1-3H3,(H,20,23). The number of nitrogens with one attached hydrogen (secondary N) is 2. The van der Waals surface area contributed by atoms with Gasteiger partial charge in [-0.15, -0.1) is 0 Å². The van der Waals surface area contributed by atoms with Crippen molar-refractivity contribution in [2.45, 2.75) is 37.5 Å². The Hall–Kier alpha value is -1.48. The maximum absolute atomic E-state index is 12.3. The Morgan fingerprint density at radius 1 is 1.11 bits per heavy atom. The van der Waals surface area contributed by atoms with Gasteiger partial charge < -0.3 is 10.1 Å². The molecule has 1 aromatic rings. The molecule has 1 aliphatic heterocycles. The summed E-state index contributed by atoms with van der Waals surface area (Å²) in [6, 6.07) is 6.86. The van der Waals surface area contributed by atoms with Crippen LogP contribution < -0.4 is 10.0 Å². The number of hydrogen-bond acceptors (Lipinski definition) is 5. The second kappa shape index (κ2) is 9.64. The van der Waals surface area contributed by atoms with Gasteiger partial charge in [0.05, 0.1) is 18.1 Å². The smallest absolute Gasteiger partial charge is 0.240 e. The summed E-state index contributed by atoms with van der Waals surface area (Å²) in [6.07, 6.45) is 0.114. The fourth-order valence-corrected chi connectivity index (χ4v) is 3.81. The van der Waals surface area contributed by atoms with E-state index in [4.69, 9.17) is 4.74 Å². The molecule has 8 heteroatoms. The molecule has 0 bridgehead atoms. The summed E-state index contributed by atoms with van der Waals surface area (Å²) < 4.78 is 32.4. The van der Waals surface area contributed by atoms with Crippen molar-refractivity contribution >= 4 is 15.9 Å². The van der Waals surface area contributed by atoms with Gasteiger partial charge in [0.2, 0.25) is 15.9 Å². The fourth-order valence-electron chi connectivity index (χ4n) is 2.78. The molecule has 1 heterocycles. The summed E-state index contributed by atoms with van der Waals surface area (Å²) in [7, 11) is -3.61. The monoisotopic (exact) mass is 397 g/mol. The zero-order valence-corrected chi connectivity index (χ0v) is 17.3. The maximum atomic E-state index is 12.3. The molecule has 0 radical (unpaired) electrons. The molecular weight excluding hydrogens is 366 g/mol. The van der Waals surface area contributed by atoms with Gasteiger partial charge in [0.1, 0.15) is 0 Å². The third-order valence-electron chi connectivity index (χ3n) is 4.53. The zero-order chi connectivity index (χ0) is 19.9. The molecule has 1 fully saturated rings. The number of benzene rings is 1. The van der Waals surface area contributed by atoms with Gasteiger partial charge in [-0.25, -0.2) is 13.1 Å². The van der Waals surface area contributed by atoms with Crippen LogP contribution in [0.3, 0.4) is 0 Å². The number of rotatable bonds is 8. The van der Waals surface area contributed by atoms with Crippen LogP contribution in [0.15, 0.2) is 29.2 Å². The number of nitrogens with zero attached hydrogens (tertiary/aromatic N) is 1. The molecular formula is C19H31N3O4S. The highest BCUT2D eigenvalue weighted by Crippen LogP contribution is 2.23. The first-order valence-corrected chi connectivity index (χ1v) is 10.8. The molecule has 0 spiro atoms. The largest absolute Gasteiger partial charge is 0.379 e. The maximum Gasteiger partial charge on any atom is 0.240 e. The lowest BCUT2D eigenvalue weighted by Crippen LogP contribution is -2.41. The summed E-state index contributed by atoms with van der Waals surface area (Å²) in [4.78, 5) is 14.3. The van der Waals surface area contributed by atoms with E-state index in [9.17, 15) is 13.2 Å². The molecule has 0 aliphatic carbocycles. The van der Waals surface area contributed by atoms with Gasteiger partial charge in [-0.3, -0.25) is 9.69 Å². The number of sulfonamides is 1. The van der Waals surface area contributed by atoms with Gasteiger partial charge >= 0.3 is 0 Å². The van der Waals surface area contributed by atoms with Crippen LogP contribution in [0.4, 0.5) is 0 Å². The van der Waals surface area contributed by atoms with Gasteiger partial charge in [-0.2, -0.15) is 0 Å². The molecule has 1 aromatic carbocycles. The van der Waals surface area contributed by atoms with Gasteiger partial charge in [0.25, 0.3) is 0 Å². The molecule has 7 nitrogen and oxygen atoms in total. The summed E-state index contributed by atoms with van der Waals surface area (Å²) in [5, 5.41) is 2.82. The van der Waals surface area contributed by atoms with Crippen molar-refractivity contribution in [3.63, 3.8) is 0 Å². The van der Waals surface area contributed by atoms with Crippen molar-refractivity contribution in [1.82, 2.24) is 14.9 Å². The molecule has 27 heavy (non-hydrogen) atoms. The van der Waals surface area contributed by atoms with Gasteiger partial charge in [0.15, 0.2) is 0 Å². The molecule has 0 saturated carbocycles. The average molecular weight is 398 g/mol. The molecule has 1 amide bonds. The lowest BCUT2D eigenvalue weighted by Gasteiger charge is -2.26. The molecule has 0 aromatic heterocycles. The Balaban J connectivity index is 1.72. The molecule has 1 aliphatic rings. The van der Waals surface area contributed by atoms with Crippen LogP contribution in [0.25, 0.3) is 0 Å².